The minimum Gasteiger partial charge on any atom is -0.352 e. The van der Waals surface area contributed by atoms with Gasteiger partial charge >= 0.3 is 0 Å². The minimum absolute atomic E-state index is 0.00182. The van der Waals surface area contributed by atoms with Crippen molar-refractivity contribution in [3.05, 3.63) is 70.7 Å². The van der Waals surface area contributed by atoms with Crippen LogP contribution >= 0.6 is 11.6 Å². The summed E-state index contributed by atoms with van der Waals surface area (Å²) >= 11 is 6.18. The first-order valence-corrected chi connectivity index (χ1v) is 11.5. The number of piperidine rings is 1. The number of carbonyl (C=O) groups excluding carboxylic acids is 3. The fourth-order valence-electron chi connectivity index (χ4n) is 3.90. The molecule has 6 nitrogen and oxygen atoms in total. The van der Waals surface area contributed by atoms with Crippen LogP contribution in [0.2, 0.25) is 5.02 Å². The molecule has 7 heteroatoms. The van der Waals surface area contributed by atoms with Crippen LogP contribution in [0, 0.1) is 5.92 Å². The number of carbonyl (C=O) groups is 3. The van der Waals surface area contributed by atoms with Crippen LogP contribution in [0.15, 0.2) is 54.6 Å². The summed E-state index contributed by atoms with van der Waals surface area (Å²) in [5.74, 6) is -0.662. The maximum Gasteiger partial charge on any atom is 0.253 e. The molecule has 32 heavy (non-hydrogen) atoms. The Morgan fingerprint density at radius 2 is 1.62 bits per heavy atom. The van der Waals surface area contributed by atoms with Crippen LogP contribution in [0.25, 0.3) is 0 Å². The van der Waals surface area contributed by atoms with Crippen molar-refractivity contribution in [1.29, 1.82) is 0 Å². The lowest BCUT2D eigenvalue weighted by Crippen LogP contribution is -2.55. The highest BCUT2D eigenvalue weighted by Crippen LogP contribution is 2.24. The molecule has 0 spiro atoms. The second-order valence-corrected chi connectivity index (χ2v) is 8.65. The Morgan fingerprint density at radius 1 is 1.00 bits per heavy atom. The van der Waals surface area contributed by atoms with Gasteiger partial charge in [-0.15, -0.1) is 0 Å². The van der Waals surface area contributed by atoms with E-state index in [0.717, 1.165) is 6.42 Å². The number of nitrogens with one attached hydrogen (secondary N) is 2. The number of hydrogen-bond acceptors (Lipinski definition) is 3. The zero-order valence-electron chi connectivity index (χ0n) is 18.5. The standard InChI is InChI=1S/C25H30ClN3O3/c1-3-17(2)27-24(31)22(28-23(30)20-11-7-8-12-21(20)26)18-13-15-29(16-14-18)25(32)19-9-5-4-6-10-19/h4-12,17-18,22H,3,13-16H2,1-2H3,(H,27,31)(H,28,30)/t17-,22+/m1/s1. The molecule has 0 aliphatic carbocycles. The molecule has 3 rings (SSSR count). The molecule has 170 valence electrons. The van der Waals surface area contributed by atoms with Gasteiger partial charge < -0.3 is 15.5 Å². The number of hydrogen-bond donors (Lipinski definition) is 2. The van der Waals surface area contributed by atoms with Gasteiger partial charge in [0, 0.05) is 24.7 Å². The Bertz CT molecular complexity index is 942. The second-order valence-electron chi connectivity index (χ2n) is 8.24. The Morgan fingerprint density at radius 3 is 2.25 bits per heavy atom. The third-order valence-electron chi connectivity index (χ3n) is 6.01. The first-order chi connectivity index (χ1) is 15.4. The van der Waals surface area contributed by atoms with E-state index in [9.17, 15) is 14.4 Å². The van der Waals surface area contributed by atoms with Crippen molar-refractivity contribution in [1.82, 2.24) is 15.5 Å². The third kappa shape index (κ3) is 5.88. The molecule has 2 aromatic rings. The van der Waals surface area contributed by atoms with Crippen LogP contribution in [0.4, 0.5) is 0 Å². The molecule has 0 unspecified atom stereocenters. The zero-order valence-corrected chi connectivity index (χ0v) is 19.3. The highest BCUT2D eigenvalue weighted by atomic mass is 35.5. The van der Waals surface area contributed by atoms with E-state index in [1.807, 2.05) is 36.9 Å². The summed E-state index contributed by atoms with van der Waals surface area (Å²) in [6.07, 6.45) is 2.04. The van der Waals surface area contributed by atoms with Gasteiger partial charge in [0.05, 0.1) is 10.6 Å². The second kappa shape index (κ2) is 11.1. The molecule has 2 atom stereocenters. The summed E-state index contributed by atoms with van der Waals surface area (Å²) < 4.78 is 0. The smallest absolute Gasteiger partial charge is 0.253 e. The molecule has 2 N–H and O–H groups in total. The van der Waals surface area contributed by atoms with E-state index in [1.165, 1.54) is 0 Å². The predicted octanol–water partition coefficient (Wildman–Crippen LogP) is 3.91. The van der Waals surface area contributed by atoms with Gasteiger partial charge in [-0.3, -0.25) is 14.4 Å². The number of amides is 3. The van der Waals surface area contributed by atoms with Crippen LogP contribution in [-0.4, -0.2) is 47.8 Å². The largest absolute Gasteiger partial charge is 0.352 e. The molecule has 0 radical (unpaired) electrons. The molecule has 0 bridgehead atoms. The number of likely N-dealkylation sites (tertiary alicyclic amines) is 1. The van der Waals surface area contributed by atoms with Crippen molar-refractivity contribution in [2.45, 2.75) is 45.2 Å². The Balaban J connectivity index is 1.71. The van der Waals surface area contributed by atoms with Gasteiger partial charge in [-0.25, -0.2) is 0 Å². The van der Waals surface area contributed by atoms with E-state index in [-0.39, 0.29) is 29.7 Å². The zero-order chi connectivity index (χ0) is 23.1. The first-order valence-electron chi connectivity index (χ1n) is 11.1. The predicted molar refractivity (Wildman–Crippen MR) is 126 cm³/mol. The quantitative estimate of drug-likeness (QED) is 0.664. The van der Waals surface area contributed by atoms with Crippen LogP contribution in [-0.2, 0) is 4.79 Å². The lowest BCUT2D eigenvalue weighted by atomic mass is 9.88. The van der Waals surface area contributed by atoms with Gasteiger partial charge in [-0.1, -0.05) is 48.9 Å². The van der Waals surface area contributed by atoms with Crippen molar-refractivity contribution in [2.75, 3.05) is 13.1 Å². The topological polar surface area (TPSA) is 78.5 Å². The lowest BCUT2D eigenvalue weighted by molar-refractivity contribution is -0.125. The van der Waals surface area contributed by atoms with Crippen molar-refractivity contribution >= 4 is 29.3 Å². The van der Waals surface area contributed by atoms with E-state index in [0.29, 0.717) is 42.1 Å². The lowest BCUT2D eigenvalue weighted by Gasteiger charge is -2.36. The van der Waals surface area contributed by atoms with Gasteiger partial charge in [0.2, 0.25) is 5.91 Å². The summed E-state index contributed by atoms with van der Waals surface area (Å²) in [5, 5.41) is 6.24. The van der Waals surface area contributed by atoms with Crippen LogP contribution in [0.5, 0.6) is 0 Å². The fraction of sp³-hybridized carbons (Fsp3) is 0.400. The van der Waals surface area contributed by atoms with Gasteiger partial charge in [-0.05, 0) is 56.4 Å². The summed E-state index contributed by atoms with van der Waals surface area (Å²) in [6.45, 7) is 5.00. The van der Waals surface area contributed by atoms with Crippen LogP contribution in [0.1, 0.15) is 53.8 Å². The van der Waals surface area contributed by atoms with Crippen molar-refractivity contribution in [3.8, 4) is 0 Å². The SMILES string of the molecule is CC[C@@H](C)NC(=O)[C@@H](NC(=O)c1ccccc1Cl)C1CCN(C(=O)c2ccccc2)CC1. The summed E-state index contributed by atoms with van der Waals surface area (Å²) in [4.78, 5) is 40.5. The molecule has 1 fully saturated rings. The molecular formula is C25H30ClN3O3. The molecule has 1 heterocycles. The molecular weight excluding hydrogens is 426 g/mol. The van der Waals surface area contributed by atoms with Crippen LogP contribution in [0.3, 0.4) is 0 Å². The average Bonchev–Trinajstić information content (AvgIpc) is 2.82. The van der Waals surface area contributed by atoms with E-state index < -0.39 is 6.04 Å². The molecule has 0 aromatic heterocycles. The summed E-state index contributed by atoms with van der Waals surface area (Å²) in [7, 11) is 0. The van der Waals surface area contributed by atoms with Crippen molar-refractivity contribution in [2.24, 2.45) is 5.92 Å². The molecule has 2 aromatic carbocycles. The maximum absolute atomic E-state index is 13.1. The average molecular weight is 456 g/mol. The first kappa shape index (κ1) is 23.8. The van der Waals surface area contributed by atoms with Gasteiger partial charge in [0.1, 0.15) is 6.04 Å². The Kier molecular flexibility index (Phi) is 8.28. The Hall–Kier alpha value is -2.86. The summed E-state index contributed by atoms with van der Waals surface area (Å²) in [6, 6.07) is 15.3. The van der Waals surface area contributed by atoms with E-state index in [1.54, 1.807) is 36.4 Å². The molecule has 1 aliphatic heterocycles. The molecule has 1 aliphatic rings. The van der Waals surface area contributed by atoms with Crippen LogP contribution < -0.4 is 10.6 Å². The van der Waals surface area contributed by atoms with Crippen molar-refractivity contribution < 1.29 is 14.4 Å². The van der Waals surface area contributed by atoms with E-state index in [4.69, 9.17) is 11.6 Å². The highest BCUT2D eigenvalue weighted by Gasteiger charge is 2.34. The summed E-state index contributed by atoms with van der Waals surface area (Å²) in [5.41, 5.74) is 0.997. The highest BCUT2D eigenvalue weighted by molar-refractivity contribution is 6.33. The molecule has 0 saturated carbocycles. The van der Waals surface area contributed by atoms with Crippen molar-refractivity contribution in [3.63, 3.8) is 0 Å². The number of nitrogens with zero attached hydrogens (tertiary/aromatic N) is 1. The molecule has 3 amide bonds. The minimum atomic E-state index is -0.693. The maximum atomic E-state index is 13.1. The molecule has 1 saturated heterocycles. The number of rotatable bonds is 7. The van der Waals surface area contributed by atoms with E-state index in [2.05, 4.69) is 10.6 Å². The van der Waals surface area contributed by atoms with Gasteiger partial charge in [0.15, 0.2) is 0 Å². The normalized spacial score (nSPS) is 16.2. The van der Waals surface area contributed by atoms with Gasteiger partial charge in [-0.2, -0.15) is 0 Å². The van der Waals surface area contributed by atoms with Gasteiger partial charge in [0.25, 0.3) is 11.8 Å². The Labute approximate surface area is 194 Å². The fourth-order valence-corrected chi connectivity index (χ4v) is 4.12. The number of halogens is 1. The monoisotopic (exact) mass is 455 g/mol. The number of benzene rings is 2. The van der Waals surface area contributed by atoms with E-state index >= 15 is 0 Å². The third-order valence-corrected chi connectivity index (χ3v) is 6.34.